The number of H-pyrrole nitrogens is 2. The Morgan fingerprint density at radius 3 is 0.634 bits per heavy atom. The van der Waals surface area contributed by atoms with E-state index in [0.29, 0.717) is 91.1 Å². The first-order valence-electron chi connectivity index (χ1n) is 49.3. The molecule has 3 aromatic heterocycles. The van der Waals surface area contributed by atoms with E-state index in [1.807, 2.05) is 24.3 Å². The van der Waals surface area contributed by atoms with Gasteiger partial charge in [-0.15, -0.1) is 0 Å². The number of ether oxygens (including phenoxy) is 4. The highest BCUT2D eigenvalue weighted by atomic mass is 16.6. The Morgan fingerprint density at radius 1 is 0.246 bits per heavy atom. The number of benzene rings is 16. The van der Waals surface area contributed by atoms with Gasteiger partial charge in [-0.05, 0) is 327 Å². The van der Waals surface area contributed by atoms with E-state index in [4.69, 9.17) is 18.9 Å². The molecule has 0 spiro atoms. The number of carbonyl (C=O) groups is 4. The van der Waals surface area contributed by atoms with Crippen molar-refractivity contribution in [2.75, 3.05) is 0 Å². The number of fused-ring (bicyclic) bond motifs is 30. The molecule has 3 heterocycles. The molecular formula is C124H110N2O8. The molecule has 4 aliphatic rings. The lowest BCUT2D eigenvalue weighted by Crippen LogP contribution is -2.35. The predicted molar refractivity (Wildman–Crippen MR) is 550 cm³/mol. The van der Waals surface area contributed by atoms with Crippen LogP contribution in [0.4, 0.5) is 0 Å². The highest BCUT2D eigenvalue weighted by Gasteiger charge is 2.40. The summed E-state index contributed by atoms with van der Waals surface area (Å²) in [6, 6.07) is 96.7. The van der Waals surface area contributed by atoms with Crippen LogP contribution in [0.2, 0.25) is 0 Å². The Labute approximate surface area is 781 Å². The molecule has 134 heavy (non-hydrogen) atoms. The summed E-state index contributed by atoms with van der Waals surface area (Å²) in [5.41, 5.74) is 4.82. The lowest BCUT2D eigenvalue weighted by Gasteiger charge is -2.36. The molecule has 4 saturated carbocycles. The Balaban J connectivity index is 0.853. The van der Waals surface area contributed by atoms with Crippen LogP contribution in [0, 0.1) is 120 Å². The van der Waals surface area contributed by atoms with Crippen molar-refractivity contribution >= 4 is 218 Å². The first-order valence-corrected chi connectivity index (χ1v) is 49.3. The minimum absolute atomic E-state index is 0.230. The summed E-state index contributed by atoms with van der Waals surface area (Å²) in [6.45, 7) is 27.1. The van der Waals surface area contributed by atoms with Crippen LogP contribution in [0.25, 0.3) is 194 Å². The fourth-order valence-electron chi connectivity index (χ4n) is 25.3. The highest BCUT2D eigenvalue weighted by Crippen LogP contribution is 2.53. The average Bonchev–Trinajstić information content (AvgIpc) is 1.48. The number of aromatic amines is 2. The summed E-state index contributed by atoms with van der Waals surface area (Å²) in [7, 11) is 0. The van der Waals surface area contributed by atoms with Crippen LogP contribution in [0.5, 0.6) is 0 Å². The van der Waals surface area contributed by atoms with E-state index in [9.17, 15) is 0 Å². The summed E-state index contributed by atoms with van der Waals surface area (Å²) in [5, 5.41) is 28.8. The molecule has 4 fully saturated rings. The lowest BCUT2D eigenvalue weighted by atomic mass is 9.75. The smallest absolute Gasteiger partial charge is 0.338 e. The van der Waals surface area contributed by atoms with Crippen molar-refractivity contribution in [3.05, 3.63) is 265 Å². The van der Waals surface area contributed by atoms with Crippen LogP contribution in [-0.4, -0.2) is 58.3 Å². The molecule has 19 aromatic rings. The van der Waals surface area contributed by atoms with Gasteiger partial charge in [0.1, 0.15) is 24.4 Å². The number of aromatic nitrogens is 2. The van der Waals surface area contributed by atoms with Crippen LogP contribution < -0.4 is 0 Å². The van der Waals surface area contributed by atoms with Crippen molar-refractivity contribution in [3.63, 3.8) is 0 Å². The molecule has 23 rings (SSSR count). The van der Waals surface area contributed by atoms with E-state index in [2.05, 4.69) is 311 Å². The standard InChI is InChI=1S/C124H110N2O8/c1-65(2)81-45-37-69(9)53-105(81)131-121(127)77-41-49-93-85-29-17-21-33-89(85)97-57-73-25-13-14-27-75-59-99-91-35-23-19-31-87(91)95-51-43-79(123(129)133-107-55-71(11)39-47-83(107)67(5)6)63-103(95)111(99)115-116-112-100(92-36-24-20-32-88(92)96-52-44-80(64-104(96)112)124(130)134-108-56-72(12)40-48-84(108)68(7)8)60-76(120(116)126-119(75)115)28-16-15-26-74-58-98-90-34-22-18-30-86(90)94-50-42-78(122(128)132-106-54-70(10)38-46-82(106)66(3)4)62-102(94)110(98)114-113(109(97)101(93)61-77)117(73)125-118(74)114/h17-24,29-36,41-44,49-52,57-72,81-84,105-108,125-126H,37-40,45-48,53-56H2,1-12H3/t69-,70-,71-,72-,81+,82+,83+,84+,105-,106-,107-,108-/m1/s1. The second kappa shape index (κ2) is 33.2. The third kappa shape index (κ3) is 14.1. The van der Waals surface area contributed by atoms with Crippen molar-refractivity contribution in [1.29, 1.82) is 0 Å². The number of nitrogens with one attached hydrogen (secondary N) is 2. The maximum atomic E-state index is 15.4. The second-order valence-corrected chi connectivity index (χ2v) is 41.9. The zero-order valence-electron chi connectivity index (χ0n) is 78.5. The second-order valence-electron chi connectivity index (χ2n) is 41.9. The minimum Gasteiger partial charge on any atom is -0.458 e. The van der Waals surface area contributed by atoms with Gasteiger partial charge in [-0.1, -0.05) is 254 Å². The van der Waals surface area contributed by atoms with Gasteiger partial charge in [-0.3, -0.25) is 0 Å². The van der Waals surface area contributed by atoms with E-state index in [1.54, 1.807) is 0 Å². The Bertz CT molecular complexity index is 7350. The minimum atomic E-state index is -0.347. The third-order valence-corrected chi connectivity index (χ3v) is 32.2. The lowest BCUT2D eigenvalue weighted by molar-refractivity contribution is -0.0181. The summed E-state index contributed by atoms with van der Waals surface area (Å²) < 4.78 is 27.2. The maximum absolute atomic E-state index is 15.4. The molecular weight excluding hydrogens is 1650 g/mol. The van der Waals surface area contributed by atoms with E-state index in [1.165, 1.54) is 0 Å². The molecule has 2 N–H and O–H groups in total. The number of hydrogen-bond donors (Lipinski definition) is 2. The van der Waals surface area contributed by atoms with Crippen molar-refractivity contribution in [1.82, 2.24) is 9.97 Å². The van der Waals surface area contributed by atoms with Gasteiger partial charge in [0.25, 0.3) is 0 Å². The van der Waals surface area contributed by atoms with Crippen molar-refractivity contribution in [2.24, 2.45) is 71.0 Å². The molecule has 0 amide bonds. The molecule has 0 saturated heterocycles. The van der Waals surface area contributed by atoms with Gasteiger partial charge in [0.15, 0.2) is 0 Å². The van der Waals surface area contributed by atoms with Crippen LogP contribution in [0.3, 0.4) is 0 Å². The molecule has 0 radical (unpaired) electrons. The largest absolute Gasteiger partial charge is 0.458 e. The molecule has 0 aliphatic heterocycles. The third-order valence-electron chi connectivity index (χ3n) is 32.2. The number of esters is 4. The van der Waals surface area contributed by atoms with Crippen LogP contribution in [-0.2, 0) is 18.9 Å². The van der Waals surface area contributed by atoms with Crippen molar-refractivity contribution in [2.45, 2.75) is 185 Å². The van der Waals surface area contributed by atoms with Crippen molar-refractivity contribution in [3.8, 4) is 0 Å². The van der Waals surface area contributed by atoms with Gasteiger partial charge in [0.05, 0.1) is 65.9 Å². The monoisotopic (exact) mass is 1750 g/mol. The molecule has 12 atom stereocenters. The molecule has 10 heteroatoms. The molecule has 16 aromatic carbocycles. The van der Waals surface area contributed by atoms with E-state index in [0.717, 1.165) is 250 Å². The fraction of sp³-hybridized carbons (Fsp3) is 0.323. The van der Waals surface area contributed by atoms with Crippen LogP contribution in [0.15, 0.2) is 194 Å². The normalized spacial score (nSPS) is 21.4. The molecule has 664 valence electrons. The predicted octanol–water partition coefficient (Wildman–Crippen LogP) is 31.7. The SMILES string of the molecule is CC(C)[C@@H]1CC[C@@H](C)C[C@H]1OC(=O)c1ccc2c3ccccc3c3cc4c#cc#cc5cc6c7ccccc7c7ccc(C(=O)O[C@@H]8C[C@H](C)CC[C@H]8C(C)C)cc7c6c6c5[nH]c5c(c#cc#cc7cc8c9ccccc9c9ccc(C(=O)O[C@@H]%10C[C@H](C)CC[C@H]%10C(C)C)cc9c8c8c7[nH]c4c8c3c2c1)cc1c2ccccc2c2ccc(C(=O)O[C@@H]3C[C@H](C)CC[C@H]3C(C)C)cc2c1c56. The maximum Gasteiger partial charge on any atom is 0.338 e. The highest BCUT2D eigenvalue weighted by molar-refractivity contribution is 6.47. The van der Waals surface area contributed by atoms with Crippen molar-refractivity contribution < 1.29 is 38.1 Å². The Hall–Kier alpha value is -13.6. The van der Waals surface area contributed by atoms with Gasteiger partial charge < -0.3 is 28.9 Å². The van der Waals surface area contributed by atoms with Gasteiger partial charge in [-0.25, -0.2) is 19.2 Å². The number of carbonyl (C=O) groups excluding carboxylic acids is 4. The first kappa shape index (κ1) is 84.6. The Kier molecular flexibility index (Phi) is 21.0. The first-order chi connectivity index (χ1) is 65.0. The zero-order chi connectivity index (χ0) is 91.7. The van der Waals surface area contributed by atoms with Gasteiger partial charge in [-0.2, -0.15) is 0 Å². The fourth-order valence-corrected chi connectivity index (χ4v) is 25.3. The molecule has 4 bridgehead atoms. The number of hydrogen-bond acceptors (Lipinski definition) is 8. The summed E-state index contributed by atoms with van der Waals surface area (Å²) in [6.07, 6.45) is 10.7. The molecule has 4 aliphatic carbocycles. The summed E-state index contributed by atoms with van der Waals surface area (Å²) >= 11 is 0. The van der Waals surface area contributed by atoms with Gasteiger partial charge in [0, 0.05) is 43.1 Å². The average molecular weight is 1760 g/mol. The van der Waals surface area contributed by atoms with E-state index >= 15 is 19.2 Å². The van der Waals surface area contributed by atoms with E-state index < -0.39 is 0 Å². The number of rotatable bonds is 12. The molecule has 0 unspecified atom stereocenters. The van der Waals surface area contributed by atoms with Crippen LogP contribution in [0.1, 0.15) is 202 Å². The van der Waals surface area contributed by atoms with Crippen LogP contribution >= 0.6 is 0 Å². The topological polar surface area (TPSA) is 137 Å². The summed E-state index contributed by atoms with van der Waals surface area (Å²) in [5.74, 6) is 2.57. The Morgan fingerprint density at radius 2 is 0.433 bits per heavy atom. The summed E-state index contributed by atoms with van der Waals surface area (Å²) in [4.78, 5) is 69.8. The van der Waals surface area contributed by atoms with Gasteiger partial charge in [0.2, 0.25) is 0 Å². The molecule has 10 nitrogen and oxygen atoms in total. The quantitative estimate of drug-likeness (QED) is 0.0701. The van der Waals surface area contributed by atoms with Gasteiger partial charge >= 0.3 is 23.9 Å². The van der Waals surface area contributed by atoms with E-state index in [-0.39, 0.29) is 72.0 Å². The zero-order valence-corrected chi connectivity index (χ0v) is 78.5.